The van der Waals surface area contributed by atoms with Crippen LogP contribution in [0.3, 0.4) is 0 Å². The molecule has 19 heavy (non-hydrogen) atoms. The molecule has 0 aliphatic rings. The Balaban J connectivity index is 2.23. The number of hydrogen-bond donors (Lipinski definition) is 2. The van der Waals surface area contributed by atoms with Gasteiger partial charge in [0.05, 0.1) is 6.61 Å². The molecule has 4 heteroatoms. The van der Waals surface area contributed by atoms with Gasteiger partial charge in [-0.3, -0.25) is 0 Å². The summed E-state index contributed by atoms with van der Waals surface area (Å²) in [5.41, 5.74) is 6.78. The van der Waals surface area contributed by atoms with E-state index in [-0.39, 0.29) is 13.2 Å². The van der Waals surface area contributed by atoms with Crippen LogP contribution in [-0.2, 0) is 11.3 Å². The maximum atomic E-state index is 9.61. The summed E-state index contributed by atoms with van der Waals surface area (Å²) in [4.78, 5) is 0. The van der Waals surface area contributed by atoms with Crippen molar-refractivity contribution in [1.82, 2.24) is 0 Å². The largest absolute Gasteiger partial charge is 0.490 e. The highest BCUT2D eigenvalue weighted by Crippen LogP contribution is 2.27. The molecule has 3 N–H and O–H groups in total. The molecule has 0 amide bonds. The molecule has 0 saturated heterocycles. The monoisotopic (exact) mass is 261 g/mol. The van der Waals surface area contributed by atoms with Gasteiger partial charge in [0.15, 0.2) is 0 Å². The average Bonchev–Trinajstić information content (AvgIpc) is 2.44. The second kappa shape index (κ2) is 6.52. The van der Waals surface area contributed by atoms with Crippen molar-refractivity contribution in [3.8, 4) is 5.75 Å². The van der Waals surface area contributed by atoms with Gasteiger partial charge in [-0.15, -0.1) is 0 Å². The number of hydrogen-bond acceptors (Lipinski definition) is 4. The van der Waals surface area contributed by atoms with Crippen LogP contribution < -0.4 is 10.5 Å². The van der Waals surface area contributed by atoms with Gasteiger partial charge >= 0.3 is 0 Å². The van der Waals surface area contributed by atoms with E-state index in [1.165, 1.54) is 0 Å². The summed E-state index contributed by atoms with van der Waals surface area (Å²) < 4.78 is 10.5. The molecule has 0 aliphatic heterocycles. The minimum atomic E-state index is -0.637. The molecule has 2 rings (SSSR count). The van der Waals surface area contributed by atoms with Gasteiger partial charge in [-0.05, 0) is 16.8 Å². The van der Waals surface area contributed by atoms with Crippen molar-refractivity contribution in [2.45, 2.75) is 12.6 Å². The molecule has 102 valence electrons. The molecule has 0 saturated carbocycles. The highest BCUT2D eigenvalue weighted by atomic mass is 16.5. The van der Waals surface area contributed by atoms with E-state index in [1.54, 1.807) is 7.11 Å². The molecule has 0 heterocycles. The molecule has 0 radical (unpaired) electrons. The van der Waals surface area contributed by atoms with Crippen LogP contribution in [-0.4, -0.2) is 31.5 Å². The molecule has 1 atom stereocenters. The fourth-order valence-corrected chi connectivity index (χ4v) is 2.09. The van der Waals surface area contributed by atoms with Crippen LogP contribution in [0.15, 0.2) is 36.4 Å². The Morgan fingerprint density at radius 3 is 2.68 bits per heavy atom. The van der Waals surface area contributed by atoms with Crippen LogP contribution in [0.5, 0.6) is 5.75 Å². The van der Waals surface area contributed by atoms with Crippen molar-refractivity contribution < 1.29 is 14.6 Å². The maximum absolute atomic E-state index is 9.61. The Morgan fingerprint density at radius 1 is 1.16 bits per heavy atom. The Hall–Kier alpha value is -1.62. The van der Waals surface area contributed by atoms with Gasteiger partial charge in [0, 0.05) is 19.2 Å². The lowest BCUT2D eigenvalue weighted by atomic mass is 10.0. The third-order valence-electron chi connectivity index (χ3n) is 2.99. The van der Waals surface area contributed by atoms with Gasteiger partial charge in [-0.25, -0.2) is 0 Å². The van der Waals surface area contributed by atoms with Crippen LogP contribution in [0, 0.1) is 0 Å². The number of aliphatic hydroxyl groups excluding tert-OH is 1. The number of benzene rings is 2. The Bertz CT molecular complexity index is 542. The minimum absolute atomic E-state index is 0.194. The van der Waals surface area contributed by atoms with Crippen LogP contribution in [0.25, 0.3) is 10.8 Å². The average molecular weight is 261 g/mol. The number of rotatable bonds is 6. The van der Waals surface area contributed by atoms with Crippen molar-refractivity contribution in [1.29, 1.82) is 0 Å². The number of ether oxygens (including phenoxy) is 2. The molecule has 0 spiro atoms. The van der Waals surface area contributed by atoms with Crippen molar-refractivity contribution in [2.75, 3.05) is 20.3 Å². The first-order valence-electron chi connectivity index (χ1n) is 6.26. The smallest absolute Gasteiger partial charge is 0.124 e. The topological polar surface area (TPSA) is 64.7 Å². The van der Waals surface area contributed by atoms with Gasteiger partial charge in [0.2, 0.25) is 0 Å². The Morgan fingerprint density at radius 2 is 1.95 bits per heavy atom. The molecule has 4 nitrogen and oxygen atoms in total. The lowest BCUT2D eigenvalue weighted by Crippen LogP contribution is -2.23. The lowest BCUT2D eigenvalue weighted by Gasteiger charge is -2.15. The third-order valence-corrected chi connectivity index (χ3v) is 2.99. The van der Waals surface area contributed by atoms with Crippen LogP contribution in [0.2, 0.25) is 0 Å². The first-order valence-corrected chi connectivity index (χ1v) is 6.26. The molecule has 1 unspecified atom stereocenters. The van der Waals surface area contributed by atoms with E-state index in [2.05, 4.69) is 0 Å². The van der Waals surface area contributed by atoms with E-state index in [0.29, 0.717) is 6.54 Å². The summed E-state index contributed by atoms with van der Waals surface area (Å²) in [6, 6.07) is 11.9. The zero-order chi connectivity index (χ0) is 13.7. The van der Waals surface area contributed by atoms with Crippen molar-refractivity contribution >= 4 is 10.8 Å². The second-order valence-corrected chi connectivity index (χ2v) is 4.39. The highest BCUT2D eigenvalue weighted by molar-refractivity contribution is 5.87. The minimum Gasteiger partial charge on any atom is -0.490 e. The maximum Gasteiger partial charge on any atom is 0.124 e. The van der Waals surface area contributed by atoms with E-state index in [4.69, 9.17) is 15.2 Å². The van der Waals surface area contributed by atoms with E-state index >= 15 is 0 Å². The van der Waals surface area contributed by atoms with Crippen molar-refractivity contribution in [3.05, 3.63) is 42.0 Å². The standard InChI is InChI=1S/C15H19NO3/c1-18-9-12(17)10-19-15-7-6-11-4-2-3-5-13(11)14(15)8-16/h2-7,12,17H,8-10,16H2,1H3. The fourth-order valence-electron chi connectivity index (χ4n) is 2.09. The van der Waals surface area contributed by atoms with Gasteiger partial charge in [-0.1, -0.05) is 30.3 Å². The number of fused-ring (bicyclic) bond motifs is 1. The number of methoxy groups -OCH3 is 1. The predicted molar refractivity (Wildman–Crippen MR) is 75.2 cm³/mol. The SMILES string of the molecule is COCC(O)COc1ccc2ccccc2c1CN. The molecule has 2 aromatic rings. The summed E-state index contributed by atoms with van der Waals surface area (Å²) in [6.07, 6.45) is -0.637. The second-order valence-electron chi connectivity index (χ2n) is 4.39. The lowest BCUT2D eigenvalue weighted by molar-refractivity contribution is 0.0324. The van der Waals surface area contributed by atoms with Gasteiger partial charge in [0.1, 0.15) is 18.5 Å². The number of nitrogens with two attached hydrogens (primary N) is 1. The summed E-state index contributed by atoms with van der Waals surface area (Å²) in [6.45, 7) is 0.849. The zero-order valence-electron chi connectivity index (χ0n) is 11.0. The molecule has 2 aromatic carbocycles. The third kappa shape index (κ3) is 3.23. The molecule has 0 fully saturated rings. The van der Waals surface area contributed by atoms with E-state index in [0.717, 1.165) is 22.1 Å². The Labute approximate surface area is 112 Å². The summed E-state index contributed by atoms with van der Waals surface area (Å²) in [7, 11) is 1.55. The van der Waals surface area contributed by atoms with E-state index in [1.807, 2.05) is 36.4 Å². The zero-order valence-corrected chi connectivity index (χ0v) is 11.0. The molecule has 0 aliphatic carbocycles. The number of aliphatic hydroxyl groups is 1. The van der Waals surface area contributed by atoms with E-state index in [9.17, 15) is 5.11 Å². The Kier molecular flexibility index (Phi) is 4.74. The quantitative estimate of drug-likeness (QED) is 0.830. The van der Waals surface area contributed by atoms with E-state index < -0.39 is 6.10 Å². The summed E-state index contributed by atoms with van der Waals surface area (Å²) in [5.74, 6) is 0.719. The normalized spacial score (nSPS) is 12.6. The van der Waals surface area contributed by atoms with Gasteiger partial charge < -0.3 is 20.3 Å². The first-order chi connectivity index (χ1) is 9.26. The first kappa shape index (κ1) is 13.8. The fraction of sp³-hybridized carbons (Fsp3) is 0.333. The molecular formula is C15H19NO3. The van der Waals surface area contributed by atoms with Gasteiger partial charge in [-0.2, -0.15) is 0 Å². The van der Waals surface area contributed by atoms with Gasteiger partial charge in [0.25, 0.3) is 0 Å². The van der Waals surface area contributed by atoms with Crippen LogP contribution >= 0.6 is 0 Å². The summed E-state index contributed by atoms with van der Waals surface area (Å²) in [5, 5.41) is 11.8. The van der Waals surface area contributed by atoms with Crippen molar-refractivity contribution in [2.24, 2.45) is 5.73 Å². The highest BCUT2D eigenvalue weighted by Gasteiger charge is 2.10. The molecule has 0 bridgehead atoms. The molecular weight excluding hydrogens is 242 g/mol. The summed E-state index contributed by atoms with van der Waals surface area (Å²) >= 11 is 0. The van der Waals surface area contributed by atoms with Crippen LogP contribution in [0.1, 0.15) is 5.56 Å². The van der Waals surface area contributed by atoms with Crippen molar-refractivity contribution in [3.63, 3.8) is 0 Å². The molecule has 0 aromatic heterocycles. The predicted octanol–water partition coefficient (Wildman–Crippen LogP) is 1.68. The van der Waals surface area contributed by atoms with Crippen LogP contribution in [0.4, 0.5) is 0 Å².